The van der Waals surface area contributed by atoms with Crippen molar-refractivity contribution in [1.82, 2.24) is 0 Å². The SMILES string of the molecule is OCCOc1ccccc1OCCO.OCc1ccc(CO)cc1. The predicted octanol–water partition coefficient (Wildman–Crippen LogP) is 1.10. The fraction of sp³-hybridized carbons (Fsp3) is 0.333. The lowest BCUT2D eigenvalue weighted by atomic mass is 10.1. The molecule has 0 heterocycles. The second-order valence-electron chi connectivity index (χ2n) is 4.72. The lowest BCUT2D eigenvalue weighted by Gasteiger charge is -2.10. The Morgan fingerprint density at radius 3 is 1.25 bits per heavy atom. The summed E-state index contributed by atoms with van der Waals surface area (Å²) in [5.41, 5.74) is 1.74. The fourth-order valence-electron chi connectivity index (χ4n) is 1.75. The molecule has 0 atom stereocenters. The zero-order valence-corrected chi connectivity index (χ0v) is 13.5. The highest BCUT2D eigenvalue weighted by Crippen LogP contribution is 2.25. The number of rotatable bonds is 8. The zero-order chi connectivity index (χ0) is 17.6. The minimum Gasteiger partial charge on any atom is -0.487 e. The van der Waals surface area contributed by atoms with Gasteiger partial charge in [0.2, 0.25) is 0 Å². The largest absolute Gasteiger partial charge is 0.487 e. The number of para-hydroxylation sites is 2. The molecule has 132 valence electrons. The number of aliphatic hydroxyl groups excluding tert-OH is 4. The van der Waals surface area contributed by atoms with Crippen molar-refractivity contribution in [2.24, 2.45) is 0 Å². The van der Waals surface area contributed by atoms with E-state index in [1.54, 1.807) is 36.4 Å². The van der Waals surface area contributed by atoms with Crippen LogP contribution in [0.3, 0.4) is 0 Å². The van der Waals surface area contributed by atoms with Gasteiger partial charge in [-0.05, 0) is 23.3 Å². The van der Waals surface area contributed by atoms with Gasteiger partial charge in [0.05, 0.1) is 26.4 Å². The molecule has 0 radical (unpaired) electrons. The molecule has 0 fully saturated rings. The highest BCUT2D eigenvalue weighted by Gasteiger charge is 2.02. The minimum absolute atomic E-state index is 0.0334. The van der Waals surface area contributed by atoms with Crippen molar-refractivity contribution in [2.75, 3.05) is 26.4 Å². The van der Waals surface area contributed by atoms with Crippen LogP contribution in [0.1, 0.15) is 11.1 Å². The van der Waals surface area contributed by atoms with Crippen molar-refractivity contribution in [1.29, 1.82) is 0 Å². The van der Waals surface area contributed by atoms with E-state index in [4.69, 9.17) is 29.9 Å². The Labute approximate surface area is 141 Å². The number of aliphatic hydroxyl groups is 4. The predicted molar refractivity (Wildman–Crippen MR) is 89.9 cm³/mol. The van der Waals surface area contributed by atoms with Crippen LogP contribution in [0.4, 0.5) is 0 Å². The molecule has 4 N–H and O–H groups in total. The molecule has 0 saturated heterocycles. The quantitative estimate of drug-likeness (QED) is 0.576. The Morgan fingerprint density at radius 1 is 0.583 bits per heavy atom. The van der Waals surface area contributed by atoms with Crippen LogP contribution < -0.4 is 9.47 Å². The van der Waals surface area contributed by atoms with Gasteiger partial charge in [-0.3, -0.25) is 0 Å². The highest BCUT2D eigenvalue weighted by molar-refractivity contribution is 5.39. The average Bonchev–Trinajstić information content (AvgIpc) is 2.66. The lowest BCUT2D eigenvalue weighted by Crippen LogP contribution is -2.06. The van der Waals surface area contributed by atoms with E-state index in [2.05, 4.69) is 0 Å². The highest BCUT2D eigenvalue weighted by atomic mass is 16.5. The summed E-state index contributed by atoms with van der Waals surface area (Å²) in [5.74, 6) is 1.16. The smallest absolute Gasteiger partial charge is 0.161 e. The lowest BCUT2D eigenvalue weighted by molar-refractivity contribution is 0.178. The molecular formula is C18H24O6. The van der Waals surface area contributed by atoms with Crippen LogP contribution in [-0.4, -0.2) is 46.9 Å². The Kier molecular flexibility index (Phi) is 10.2. The van der Waals surface area contributed by atoms with Crippen molar-refractivity contribution in [3.05, 3.63) is 59.7 Å². The molecule has 0 unspecified atom stereocenters. The Bertz CT molecular complexity index is 506. The Hall–Kier alpha value is -2.12. The van der Waals surface area contributed by atoms with Gasteiger partial charge in [-0.2, -0.15) is 0 Å². The third-order valence-electron chi connectivity index (χ3n) is 2.93. The maximum absolute atomic E-state index is 8.64. The molecule has 0 aliphatic carbocycles. The molecule has 6 heteroatoms. The molecule has 0 aliphatic heterocycles. The standard InChI is InChI=1S/C10H14O4.C8H10O2/c11-5-7-13-9-3-1-2-4-10(9)14-8-6-12;9-5-7-1-2-8(6-10)4-3-7/h1-4,11-12H,5-8H2;1-4,9-10H,5-6H2. The minimum atomic E-state index is -0.0334. The number of hydrogen-bond donors (Lipinski definition) is 4. The third kappa shape index (κ3) is 7.43. The summed E-state index contributed by atoms with van der Waals surface area (Å²) in [7, 11) is 0. The van der Waals surface area contributed by atoms with Gasteiger partial charge in [0.25, 0.3) is 0 Å². The molecule has 0 bridgehead atoms. The molecule has 0 aromatic heterocycles. The van der Waals surface area contributed by atoms with Crippen LogP contribution >= 0.6 is 0 Å². The summed E-state index contributed by atoms with van der Waals surface area (Å²) in [6.07, 6.45) is 0. The van der Waals surface area contributed by atoms with Crippen LogP contribution in [0.2, 0.25) is 0 Å². The summed E-state index contributed by atoms with van der Waals surface area (Å²) < 4.78 is 10.5. The van der Waals surface area contributed by atoms with E-state index in [1.807, 2.05) is 12.1 Å². The van der Waals surface area contributed by atoms with Crippen LogP contribution in [0.25, 0.3) is 0 Å². The van der Waals surface area contributed by atoms with Gasteiger partial charge in [-0.25, -0.2) is 0 Å². The molecule has 2 aromatic carbocycles. The molecule has 2 rings (SSSR count). The molecule has 0 amide bonds. The maximum Gasteiger partial charge on any atom is 0.161 e. The first-order valence-corrected chi connectivity index (χ1v) is 7.61. The second-order valence-corrected chi connectivity index (χ2v) is 4.72. The molecular weight excluding hydrogens is 312 g/mol. The number of ether oxygens (including phenoxy) is 2. The molecule has 0 spiro atoms. The average molecular weight is 336 g/mol. The summed E-state index contributed by atoms with van der Waals surface area (Å²) in [4.78, 5) is 0. The van der Waals surface area contributed by atoms with Gasteiger partial charge in [0.1, 0.15) is 13.2 Å². The topological polar surface area (TPSA) is 99.4 Å². The van der Waals surface area contributed by atoms with Crippen molar-refractivity contribution >= 4 is 0 Å². The molecule has 0 saturated carbocycles. The van der Waals surface area contributed by atoms with E-state index < -0.39 is 0 Å². The van der Waals surface area contributed by atoms with Crippen molar-refractivity contribution in [2.45, 2.75) is 13.2 Å². The van der Waals surface area contributed by atoms with Gasteiger partial charge in [-0.1, -0.05) is 36.4 Å². The molecule has 2 aromatic rings. The fourth-order valence-corrected chi connectivity index (χ4v) is 1.75. The maximum atomic E-state index is 8.64. The third-order valence-corrected chi connectivity index (χ3v) is 2.93. The number of hydrogen-bond acceptors (Lipinski definition) is 6. The van der Waals surface area contributed by atoms with Gasteiger partial charge in [-0.15, -0.1) is 0 Å². The van der Waals surface area contributed by atoms with Crippen molar-refractivity contribution in [3.63, 3.8) is 0 Å². The number of benzene rings is 2. The van der Waals surface area contributed by atoms with Gasteiger partial charge in [0, 0.05) is 0 Å². The van der Waals surface area contributed by atoms with Crippen LogP contribution in [0.5, 0.6) is 11.5 Å². The second kappa shape index (κ2) is 12.3. The van der Waals surface area contributed by atoms with E-state index in [1.165, 1.54) is 0 Å². The molecule has 0 aliphatic rings. The molecule has 6 nitrogen and oxygen atoms in total. The van der Waals surface area contributed by atoms with E-state index in [0.717, 1.165) is 11.1 Å². The summed E-state index contributed by atoms with van der Waals surface area (Å²) in [6.45, 7) is 0.527. The van der Waals surface area contributed by atoms with E-state index >= 15 is 0 Å². The van der Waals surface area contributed by atoms with Gasteiger partial charge < -0.3 is 29.9 Å². The van der Waals surface area contributed by atoms with Gasteiger partial charge >= 0.3 is 0 Å². The Balaban J connectivity index is 0.000000254. The first-order valence-electron chi connectivity index (χ1n) is 7.61. The zero-order valence-electron chi connectivity index (χ0n) is 13.5. The first kappa shape index (κ1) is 19.9. The first-order chi connectivity index (χ1) is 11.7. The van der Waals surface area contributed by atoms with Crippen LogP contribution in [0, 0.1) is 0 Å². The van der Waals surface area contributed by atoms with E-state index in [-0.39, 0.29) is 39.6 Å². The van der Waals surface area contributed by atoms with E-state index in [9.17, 15) is 0 Å². The Morgan fingerprint density at radius 2 is 0.958 bits per heavy atom. The summed E-state index contributed by atoms with van der Waals surface area (Å²) >= 11 is 0. The normalized spacial score (nSPS) is 9.83. The van der Waals surface area contributed by atoms with E-state index in [0.29, 0.717) is 11.5 Å². The monoisotopic (exact) mass is 336 g/mol. The van der Waals surface area contributed by atoms with Crippen LogP contribution in [0.15, 0.2) is 48.5 Å². The van der Waals surface area contributed by atoms with Crippen LogP contribution in [-0.2, 0) is 13.2 Å². The summed E-state index contributed by atoms with van der Waals surface area (Å²) in [5, 5.41) is 34.5. The van der Waals surface area contributed by atoms with Crippen molar-refractivity contribution in [3.8, 4) is 11.5 Å². The van der Waals surface area contributed by atoms with Crippen molar-refractivity contribution < 1.29 is 29.9 Å². The van der Waals surface area contributed by atoms with Gasteiger partial charge in [0.15, 0.2) is 11.5 Å². The molecule has 24 heavy (non-hydrogen) atoms. The summed E-state index contributed by atoms with van der Waals surface area (Å²) in [6, 6.07) is 14.3.